The standard InChI is InChI=1S/C27H48O/c1-24(2)15-9-6-7-10-16-25-18-13-19-26(23-25)17-11-8-12-21-28-22-14-20-27(3,4)5/h13,18-19,23-24H,6-12,14-17,20-22H2,1-5H3. The third-order valence-electron chi connectivity index (χ3n) is 5.46. The first kappa shape index (κ1) is 25.2. The van der Waals surface area contributed by atoms with Crippen LogP contribution in [0.15, 0.2) is 24.3 Å². The topological polar surface area (TPSA) is 9.23 Å². The third kappa shape index (κ3) is 15.1. The summed E-state index contributed by atoms with van der Waals surface area (Å²) < 4.78 is 5.79. The van der Waals surface area contributed by atoms with Crippen molar-refractivity contribution >= 4 is 0 Å². The van der Waals surface area contributed by atoms with Crippen LogP contribution in [0.3, 0.4) is 0 Å². The second-order valence-corrected chi connectivity index (χ2v) is 10.3. The Morgan fingerprint density at radius 3 is 1.93 bits per heavy atom. The van der Waals surface area contributed by atoms with Crippen LogP contribution in [0.1, 0.15) is 110 Å². The van der Waals surface area contributed by atoms with Crippen LogP contribution in [-0.2, 0) is 17.6 Å². The maximum Gasteiger partial charge on any atom is 0.0466 e. The van der Waals surface area contributed by atoms with Crippen molar-refractivity contribution < 1.29 is 4.74 Å². The number of hydrogen-bond donors (Lipinski definition) is 0. The Bertz CT molecular complexity index is 483. The highest BCUT2D eigenvalue weighted by molar-refractivity contribution is 5.23. The highest BCUT2D eigenvalue weighted by atomic mass is 16.5. The Balaban J connectivity index is 2.04. The van der Waals surface area contributed by atoms with Crippen molar-refractivity contribution in [3.63, 3.8) is 0 Å². The molecule has 0 aliphatic rings. The lowest BCUT2D eigenvalue weighted by Crippen LogP contribution is -2.07. The molecule has 0 aliphatic heterocycles. The van der Waals surface area contributed by atoms with Gasteiger partial charge in [0.1, 0.15) is 0 Å². The fourth-order valence-corrected chi connectivity index (χ4v) is 3.69. The van der Waals surface area contributed by atoms with E-state index < -0.39 is 0 Å². The van der Waals surface area contributed by atoms with Gasteiger partial charge in [-0.05, 0) is 67.4 Å². The summed E-state index contributed by atoms with van der Waals surface area (Å²) in [5.74, 6) is 0.858. The molecule has 1 aromatic carbocycles. The monoisotopic (exact) mass is 388 g/mol. The lowest BCUT2D eigenvalue weighted by molar-refractivity contribution is 0.119. The van der Waals surface area contributed by atoms with Gasteiger partial charge in [0.2, 0.25) is 0 Å². The Hall–Kier alpha value is -0.820. The van der Waals surface area contributed by atoms with Crippen LogP contribution in [0.2, 0.25) is 0 Å². The van der Waals surface area contributed by atoms with Crippen molar-refractivity contribution in [2.75, 3.05) is 13.2 Å². The Labute approximate surface area is 176 Å². The van der Waals surface area contributed by atoms with Crippen LogP contribution < -0.4 is 0 Å². The van der Waals surface area contributed by atoms with Crippen LogP contribution in [0, 0.1) is 11.3 Å². The van der Waals surface area contributed by atoms with Gasteiger partial charge in [-0.15, -0.1) is 0 Å². The van der Waals surface area contributed by atoms with Crippen molar-refractivity contribution in [3.8, 4) is 0 Å². The summed E-state index contributed by atoms with van der Waals surface area (Å²) in [6, 6.07) is 9.30. The molecule has 0 heterocycles. The van der Waals surface area contributed by atoms with Crippen molar-refractivity contribution in [1.29, 1.82) is 0 Å². The van der Waals surface area contributed by atoms with Gasteiger partial charge >= 0.3 is 0 Å². The fraction of sp³-hybridized carbons (Fsp3) is 0.778. The van der Waals surface area contributed by atoms with E-state index in [-0.39, 0.29) is 0 Å². The number of rotatable bonds is 16. The van der Waals surface area contributed by atoms with E-state index in [1.165, 1.54) is 88.2 Å². The number of aryl methyl sites for hydroxylation is 2. The van der Waals surface area contributed by atoms with Crippen LogP contribution in [0.5, 0.6) is 0 Å². The van der Waals surface area contributed by atoms with E-state index >= 15 is 0 Å². The van der Waals surface area contributed by atoms with Gasteiger partial charge in [0, 0.05) is 13.2 Å². The van der Waals surface area contributed by atoms with Gasteiger partial charge in [0.05, 0.1) is 0 Å². The number of hydrogen-bond acceptors (Lipinski definition) is 1. The predicted octanol–water partition coefficient (Wildman–Crippen LogP) is 8.39. The summed E-state index contributed by atoms with van der Waals surface area (Å²) >= 11 is 0. The van der Waals surface area contributed by atoms with Crippen molar-refractivity contribution in [2.45, 2.75) is 112 Å². The van der Waals surface area contributed by atoms with Gasteiger partial charge in [-0.3, -0.25) is 0 Å². The van der Waals surface area contributed by atoms with Gasteiger partial charge in [0.15, 0.2) is 0 Å². The van der Waals surface area contributed by atoms with Crippen LogP contribution in [-0.4, -0.2) is 13.2 Å². The summed E-state index contributed by atoms with van der Waals surface area (Å²) in [5.41, 5.74) is 3.48. The van der Waals surface area contributed by atoms with E-state index in [9.17, 15) is 0 Å². The van der Waals surface area contributed by atoms with Crippen molar-refractivity contribution in [2.24, 2.45) is 11.3 Å². The Morgan fingerprint density at radius 2 is 1.32 bits per heavy atom. The molecule has 0 bridgehead atoms. The molecule has 0 amide bonds. The molecule has 1 rings (SSSR count). The lowest BCUT2D eigenvalue weighted by atomic mass is 9.91. The molecule has 0 radical (unpaired) electrons. The largest absolute Gasteiger partial charge is 0.381 e. The number of benzene rings is 1. The third-order valence-corrected chi connectivity index (χ3v) is 5.46. The molecule has 0 spiro atoms. The van der Waals surface area contributed by atoms with Crippen LogP contribution in [0.25, 0.3) is 0 Å². The van der Waals surface area contributed by atoms with E-state index in [2.05, 4.69) is 58.9 Å². The quantitative estimate of drug-likeness (QED) is 0.258. The number of unbranched alkanes of at least 4 members (excludes halogenated alkanes) is 5. The molecule has 0 atom stereocenters. The molecule has 0 fully saturated rings. The summed E-state index contributed by atoms with van der Waals surface area (Å²) in [5, 5.41) is 0. The molecular weight excluding hydrogens is 340 g/mol. The second-order valence-electron chi connectivity index (χ2n) is 10.3. The summed E-state index contributed by atoms with van der Waals surface area (Å²) in [7, 11) is 0. The molecular formula is C27H48O. The molecule has 0 saturated carbocycles. The highest BCUT2D eigenvalue weighted by Gasteiger charge is 2.08. The molecule has 0 N–H and O–H groups in total. The van der Waals surface area contributed by atoms with Gasteiger partial charge in [-0.25, -0.2) is 0 Å². The molecule has 1 heteroatoms. The average Bonchev–Trinajstić information content (AvgIpc) is 2.62. The summed E-state index contributed by atoms with van der Waals surface area (Å²) in [6.07, 6.45) is 15.6. The zero-order valence-corrected chi connectivity index (χ0v) is 19.7. The molecule has 1 nitrogen and oxygen atoms in total. The normalized spacial score (nSPS) is 12.1. The highest BCUT2D eigenvalue weighted by Crippen LogP contribution is 2.20. The molecule has 28 heavy (non-hydrogen) atoms. The minimum absolute atomic E-state index is 0.436. The molecule has 0 aromatic heterocycles. The maximum atomic E-state index is 5.79. The fourth-order valence-electron chi connectivity index (χ4n) is 3.69. The van der Waals surface area contributed by atoms with Crippen molar-refractivity contribution in [3.05, 3.63) is 35.4 Å². The van der Waals surface area contributed by atoms with Gasteiger partial charge in [0.25, 0.3) is 0 Å². The molecule has 0 aliphatic carbocycles. The van der Waals surface area contributed by atoms with Gasteiger partial charge < -0.3 is 4.74 Å². The zero-order chi connectivity index (χ0) is 20.7. The average molecular weight is 389 g/mol. The van der Waals surface area contributed by atoms with E-state index in [1.54, 1.807) is 0 Å². The van der Waals surface area contributed by atoms with Crippen LogP contribution >= 0.6 is 0 Å². The Morgan fingerprint density at radius 1 is 0.750 bits per heavy atom. The first-order chi connectivity index (χ1) is 13.4. The molecule has 162 valence electrons. The molecule has 0 unspecified atom stereocenters. The first-order valence-electron chi connectivity index (χ1n) is 12.0. The SMILES string of the molecule is CC(C)CCCCCCc1cccc(CCCCCOCCCC(C)(C)C)c1. The predicted molar refractivity (Wildman–Crippen MR) is 125 cm³/mol. The lowest BCUT2D eigenvalue weighted by Gasteiger charge is -2.17. The zero-order valence-electron chi connectivity index (χ0n) is 19.7. The van der Waals surface area contributed by atoms with Gasteiger partial charge in [-0.2, -0.15) is 0 Å². The van der Waals surface area contributed by atoms with Gasteiger partial charge in [-0.1, -0.05) is 91.0 Å². The first-order valence-corrected chi connectivity index (χ1v) is 12.0. The smallest absolute Gasteiger partial charge is 0.0466 e. The number of ether oxygens (including phenoxy) is 1. The van der Waals surface area contributed by atoms with E-state index in [4.69, 9.17) is 4.74 Å². The van der Waals surface area contributed by atoms with E-state index in [1.807, 2.05) is 0 Å². The second kappa shape index (κ2) is 15.1. The van der Waals surface area contributed by atoms with E-state index in [0.29, 0.717) is 5.41 Å². The minimum atomic E-state index is 0.436. The van der Waals surface area contributed by atoms with Crippen molar-refractivity contribution in [1.82, 2.24) is 0 Å². The summed E-state index contributed by atoms with van der Waals surface area (Å²) in [4.78, 5) is 0. The molecule has 1 aromatic rings. The van der Waals surface area contributed by atoms with E-state index in [0.717, 1.165) is 19.1 Å². The Kier molecular flexibility index (Phi) is 13.6. The van der Waals surface area contributed by atoms with Crippen LogP contribution in [0.4, 0.5) is 0 Å². The minimum Gasteiger partial charge on any atom is -0.381 e. The summed E-state index contributed by atoms with van der Waals surface area (Å²) in [6.45, 7) is 13.4. The maximum absolute atomic E-state index is 5.79. The molecule has 0 saturated heterocycles.